The molecule has 0 spiro atoms. The number of aromatic nitrogens is 3. The van der Waals surface area contributed by atoms with Crippen molar-refractivity contribution in [2.75, 3.05) is 26.8 Å². The van der Waals surface area contributed by atoms with Gasteiger partial charge in [-0.2, -0.15) is 5.26 Å². The Morgan fingerprint density at radius 3 is 2.77 bits per heavy atom. The van der Waals surface area contributed by atoms with E-state index < -0.39 is 5.97 Å². The van der Waals surface area contributed by atoms with Crippen molar-refractivity contribution < 1.29 is 14.6 Å². The second-order valence-corrected chi connectivity index (χ2v) is 7.78. The molecule has 1 aliphatic rings. The van der Waals surface area contributed by atoms with Crippen LogP contribution in [0.4, 0.5) is 0 Å². The summed E-state index contributed by atoms with van der Waals surface area (Å²) >= 11 is 0. The zero-order valence-electron chi connectivity index (χ0n) is 18.1. The number of hydrogen-bond acceptors (Lipinski definition) is 6. The predicted molar refractivity (Wildman–Crippen MR) is 119 cm³/mol. The molecule has 0 amide bonds. The van der Waals surface area contributed by atoms with Crippen molar-refractivity contribution in [3.05, 3.63) is 35.8 Å². The number of likely N-dealkylation sites (tertiary alicyclic amines) is 1. The number of carboxylic acid groups (broad SMARTS) is 1. The summed E-state index contributed by atoms with van der Waals surface area (Å²) in [4.78, 5) is 25.7. The van der Waals surface area contributed by atoms with E-state index in [4.69, 9.17) is 20.1 Å². The van der Waals surface area contributed by atoms with Crippen molar-refractivity contribution in [2.24, 2.45) is 5.92 Å². The van der Waals surface area contributed by atoms with E-state index in [1.165, 1.54) is 12.8 Å². The molecule has 3 aromatic rings. The number of aromatic amines is 1. The van der Waals surface area contributed by atoms with E-state index in [0.29, 0.717) is 24.9 Å². The van der Waals surface area contributed by atoms with Crippen LogP contribution in [0.25, 0.3) is 21.9 Å². The van der Waals surface area contributed by atoms with Gasteiger partial charge in [-0.3, -0.25) is 14.7 Å². The third-order valence-electron chi connectivity index (χ3n) is 5.51. The number of pyridine rings is 1. The van der Waals surface area contributed by atoms with Gasteiger partial charge in [0, 0.05) is 19.1 Å². The van der Waals surface area contributed by atoms with Crippen LogP contribution in [0.2, 0.25) is 0 Å². The van der Waals surface area contributed by atoms with Gasteiger partial charge in [0.25, 0.3) is 0 Å². The number of H-pyrrole nitrogens is 1. The van der Waals surface area contributed by atoms with E-state index >= 15 is 0 Å². The molecular weight excluding hydrogens is 394 g/mol. The molecule has 164 valence electrons. The molecule has 2 aromatic heterocycles. The summed E-state index contributed by atoms with van der Waals surface area (Å²) in [6.07, 6.45) is 5.53. The Kier molecular flexibility index (Phi) is 7.93. The molecule has 0 bridgehead atoms. The largest absolute Gasteiger partial charge is 0.481 e. The number of unbranched alkanes of at least 4 members (excludes halogenated alkanes) is 1. The first-order valence-electron chi connectivity index (χ1n) is 10.7. The quantitative estimate of drug-likeness (QED) is 0.581. The predicted octanol–water partition coefficient (Wildman–Crippen LogP) is 3.71. The lowest BCUT2D eigenvalue weighted by atomic mass is 9.97. The van der Waals surface area contributed by atoms with Crippen LogP contribution in [-0.4, -0.2) is 57.7 Å². The number of nitrogens with one attached hydrogen (secondary N) is 1. The number of nitrogens with zero attached hydrogens (tertiary/aromatic N) is 4. The van der Waals surface area contributed by atoms with Gasteiger partial charge in [0.15, 0.2) is 0 Å². The fourth-order valence-corrected chi connectivity index (χ4v) is 3.69. The van der Waals surface area contributed by atoms with Crippen molar-refractivity contribution in [1.82, 2.24) is 19.9 Å². The first-order valence-corrected chi connectivity index (χ1v) is 10.7. The maximum atomic E-state index is 11.0. The number of rotatable bonds is 6. The minimum Gasteiger partial charge on any atom is -0.481 e. The van der Waals surface area contributed by atoms with Gasteiger partial charge in [-0.15, -0.1) is 0 Å². The molecule has 1 aliphatic heterocycles. The summed E-state index contributed by atoms with van der Waals surface area (Å²) in [5.74, 6) is -0.0980. The van der Waals surface area contributed by atoms with E-state index in [9.17, 15) is 4.79 Å². The number of piperidine rings is 1. The van der Waals surface area contributed by atoms with Crippen LogP contribution in [0.15, 0.2) is 24.4 Å². The molecule has 0 aliphatic carbocycles. The molecule has 31 heavy (non-hydrogen) atoms. The van der Waals surface area contributed by atoms with E-state index in [-0.39, 0.29) is 5.92 Å². The second-order valence-electron chi connectivity index (χ2n) is 7.78. The average molecular weight is 424 g/mol. The number of hydrogen-bond donors (Lipinski definition) is 2. The molecule has 4 rings (SSSR count). The topological polar surface area (TPSA) is 115 Å². The van der Waals surface area contributed by atoms with Crippen LogP contribution in [0, 0.1) is 17.2 Å². The molecule has 0 atom stereocenters. The lowest BCUT2D eigenvalue weighted by Gasteiger charge is -2.29. The van der Waals surface area contributed by atoms with Gasteiger partial charge < -0.3 is 14.8 Å². The van der Waals surface area contributed by atoms with Gasteiger partial charge in [0.2, 0.25) is 0 Å². The third kappa shape index (κ3) is 5.78. The van der Waals surface area contributed by atoms with Gasteiger partial charge in [-0.1, -0.05) is 13.3 Å². The van der Waals surface area contributed by atoms with Gasteiger partial charge in [0.05, 0.1) is 46.8 Å². The normalized spacial score (nSPS) is 14.9. The Morgan fingerprint density at radius 2 is 2.16 bits per heavy atom. The molecule has 0 unspecified atom stereocenters. The minimum absolute atomic E-state index is 0.232. The molecule has 2 N–H and O–H groups in total. The summed E-state index contributed by atoms with van der Waals surface area (Å²) in [6, 6.07) is 7.54. The number of methoxy groups -OCH3 is 1. The Labute approximate surface area is 181 Å². The Bertz CT molecular complexity index is 1060. The number of benzene rings is 1. The van der Waals surface area contributed by atoms with Crippen molar-refractivity contribution >= 4 is 27.9 Å². The Hall–Kier alpha value is -3.02. The monoisotopic (exact) mass is 423 g/mol. The summed E-state index contributed by atoms with van der Waals surface area (Å²) in [6.45, 7) is 5.23. The standard InChI is InChI=1S/C18H17N5O2.C5H12O/c19-8-11-1-2-14-13(7-11)17-15(9-20-14)21-16(22-17)10-23-5-3-12(4-6-23)18(24)25;1-3-4-5-6-2/h1-2,7,9,12H,3-6,10H2,(H,21,22)(H,24,25);3-5H2,1-2H3. The van der Waals surface area contributed by atoms with Gasteiger partial charge in [-0.05, 0) is 50.6 Å². The zero-order valence-corrected chi connectivity index (χ0v) is 18.1. The van der Waals surface area contributed by atoms with E-state index in [2.05, 4.69) is 27.9 Å². The molecule has 1 fully saturated rings. The van der Waals surface area contributed by atoms with E-state index in [1.807, 2.05) is 12.1 Å². The number of nitriles is 1. The van der Waals surface area contributed by atoms with Crippen LogP contribution in [0.3, 0.4) is 0 Å². The fourth-order valence-electron chi connectivity index (χ4n) is 3.69. The highest BCUT2D eigenvalue weighted by atomic mass is 16.5. The van der Waals surface area contributed by atoms with Gasteiger partial charge >= 0.3 is 5.97 Å². The maximum absolute atomic E-state index is 11.0. The van der Waals surface area contributed by atoms with Crippen molar-refractivity contribution in [3.63, 3.8) is 0 Å². The average Bonchev–Trinajstić information content (AvgIpc) is 3.21. The van der Waals surface area contributed by atoms with Crippen LogP contribution in [0.1, 0.15) is 44.0 Å². The lowest BCUT2D eigenvalue weighted by Crippen LogP contribution is -2.36. The molecular formula is C23H29N5O3. The molecule has 0 radical (unpaired) electrons. The van der Waals surface area contributed by atoms with Crippen LogP contribution in [0.5, 0.6) is 0 Å². The van der Waals surface area contributed by atoms with Crippen molar-refractivity contribution in [2.45, 2.75) is 39.2 Å². The fraction of sp³-hybridized carbons (Fsp3) is 0.478. The maximum Gasteiger partial charge on any atom is 0.306 e. The van der Waals surface area contributed by atoms with Crippen LogP contribution in [-0.2, 0) is 16.1 Å². The summed E-state index contributed by atoms with van der Waals surface area (Å²) in [7, 11) is 1.73. The Balaban J connectivity index is 0.000000401. The molecule has 8 heteroatoms. The van der Waals surface area contributed by atoms with E-state index in [1.54, 1.807) is 19.4 Å². The van der Waals surface area contributed by atoms with Crippen molar-refractivity contribution in [1.29, 1.82) is 5.26 Å². The van der Waals surface area contributed by atoms with Crippen LogP contribution < -0.4 is 0 Å². The summed E-state index contributed by atoms with van der Waals surface area (Å²) < 4.78 is 4.78. The third-order valence-corrected chi connectivity index (χ3v) is 5.51. The minimum atomic E-state index is -0.700. The summed E-state index contributed by atoms with van der Waals surface area (Å²) in [5.41, 5.74) is 3.06. The highest BCUT2D eigenvalue weighted by Crippen LogP contribution is 2.24. The first kappa shape index (κ1) is 22.7. The smallest absolute Gasteiger partial charge is 0.306 e. The van der Waals surface area contributed by atoms with Crippen LogP contribution >= 0.6 is 0 Å². The highest BCUT2D eigenvalue weighted by Gasteiger charge is 2.25. The lowest BCUT2D eigenvalue weighted by molar-refractivity contribution is -0.143. The second kappa shape index (κ2) is 10.8. The first-order chi connectivity index (χ1) is 15.0. The SMILES string of the molecule is CCCCOC.N#Cc1ccc2ncc3[nH]c(CN4CCC(C(=O)O)CC4)nc3c2c1. The molecule has 0 saturated carbocycles. The zero-order chi connectivity index (χ0) is 22.2. The molecule has 8 nitrogen and oxygen atoms in total. The number of ether oxygens (including phenoxy) is 1. The number of carboxylic acids is 1. The van der Waals surface area contributed by atoms with E-state index in [0.717, 1.165) is 47.5 Å². The Morgan fingerprint density at radius 1 is 1.39 bits per heavy atom. The number of aliphatic carboxylic acids is 1. The number of fused-ring (bicyclic) bond motifs is 3. The van der Waals surface area contributed by atoms with Crippen molar-refractivity contribution in [3.8, 4) is 6.07 Å². The number of imidazole rings is 1. The molecule has 1 aromatic carbocycles. The summed E-state index contributed by atoms with van der Waals surface area (Å²) in [5, 5.41) is 19.1. The van der Waals surface area contributed by atoms with Gasteiger partial charge in [0.1, 0.15) is 5.82 Å². The number of carbonyl (C=O) groups is 1. The molecule has 1 saturated heterocycles. The molecule has 3 heterocycles. The highest BCUT2D eigenvalue weighted by molar-refractivity contribution is 6.02. The van der Waals surface area contributed by atoms with Gasteiger partial charge in [-0.25, -0.2) is 4.98 Å².